The van der Waals surface area contributed by atoms with Crippen LogP contribution >= 0.6 is 0 Å². The highest BCUT2D eigenvalue weighted by Gasteiger charge is 2.43. The van der Waals surface area contributed by atoms with Gasteiger partial charge in [-0.05, 0) is 11.1 Å². The van der Waals surface area contributed by atoms with Gasteiger partial charge in [0.2, 0.25) is 0 Å². The van der Waals surface area contributed by atoms with Crippen LogP contribution in [0.5, 0.6) is 0 Å². The third kappa shape index (κ3) is 5.44. The first-order valence-electron chi connectivity index (χ1n) is 8.37. The Hall–Kier alpha value is -3.09. The maximum atomic E-state index is 11.7. The molecule has 0 radical (unpaired) electrons. The number of rotatable bonds is 6. The van der Waals surface area contributed by atoms with E-state index in [4.69, 9.17) is 18.9 Å². The molecule has 7 nitrogen and oxygen atoms in total. The molecule has 7 heteroatoms. The van der Waals surface area contributed by atoms with E-state index >= 15 is 0 Å². The monoisotopic (exact) mass is 374 g/mol. The predicted octanol–water partition coefficient (Wildman–Crippen LogP) is 2.41. The van der Waals surface area contributed by atoms with Crippen molar-refractivity contribution in [2.45, 2.75) is 39.1 Å². The third-order valence-electron chi connectivity index (χ3n) is 3.86. The first kappa shape index (κ1) is 20.2. The van der Waals surface area contributed by atoms with Crippen LogP contribution in [0.3, 0.4) is 0 Å². The lowest BCUT2D eigenvalue weighted by Gasteiger charge is -2.37. The van der Waals surface area contributed by atoms with E-state index in [-0.39, 0.29) is 6.61 Å². The minimum Gasteiger partial charge on any atom is -0.490 e. The molecule has 0 N–H and O–H groups in total. The van der Waals surface area contributed by atoms with Gasteiger partial charge in [-0.15, -0.1) is 0 Å². The zero-order chi connectivity index (χ0) is 20.0. The van der Waals surface area contributed by atoms with Crippen LogP contribution in [0.4, 0.5) is 0 Å². The van der Waals surface area contributed by atoms with Crippen molar-refractivity contribution in [2.24, 2.45) is 0 Å². The Morgan fingerprint density at radius 1 is 1.00 bits per heavy atom. The Bertz CT molecular complexity index is 751. The van der Waals surface area contributed by atoms with E-state index in [1.54, 1.807) is 0 Å². The van der Waals surface area contributed by atoms with Crippen LogP contribution in [0.15, 0.2) is 48.7 Å². The number of hydrogen-bond acceptors (Lipinski definition) is 7. The maximum absolute atomic E-state index is 11.7. The molecule has 1 aliphatic heterocycles. The van der Waals surface area contributed by atoms with E-state index in [2.05, 4.69) is 6.58 Å². The van der Waals surface area contributed by atoms with Crippen LogP contribution < -0.4 is 0 Å². The summed E-state index contributed by atoms with van der Waals surface area (Å²) < 4.78 is 21.4. The fourth-order valence-corrected chi connectivity index (χ4v) is 2.70. The molecular weight excluding hydrogens is 352 g/mol. The summed E-state index contributed by atoms with van der Waals surface area (Å²) in [5.41, 5.74) is 1.82. The van der Waals surface area contributed by atoms with E-state index in [1.807, 2.05) is 30.3 Å². The molecule has 1 aromatic carbocycles. The fourth-order valence-electron chi connectivity index (χ4n) is 2.70. The van der Waals surface area contributed by atoms with E-state index in [0.29, 0.717) is 11.1 Å². The number of ether oxygens (including phenoxy) is 4. The predicted molar refractivity (Wildman–Crippen MR) is 96.2 cm³/mol. The van der Waals surface area contributed by atoms with Gasteiger partial charge in [0.15, 0.2) is 18.3 Å². The summed E-state index contributed by atoms with van der Waals surface area (Å²) in [5, 5.41) is 0. The van der Waals surface area contributed by atoms with E-state index in [9.17, 15) is 14.4 Å². The highest BCUT2D eigenvalue weighted by Crippen LogP contribution is 2.33. The van der Waals surface area contributed by atoms with Crippen LogP contribution in [0.2, 0.25) is 0 Å². The van der Waals surface area contributed by atoms with Crippen LogP contribution in [-0.4, -0.2) is 42.8 Å². The quantitative estimate of drug-likeness (QED) is 0.558. The van der Waals surface area contributed by atoms with Crippen molar-refractivity contribution in [3.63, 3.8) is 0 Å². The molecule has 0 fully saturated rings. The summed E-state index contributed by atoms with van der Waals surface area (Å²) in [6, 6.07) is 9.25. The maximum Gasteiger partial charge on any atom is 0.303 e. The van der Waals surface area contributed by atoms with Gasteiger partial charge in [-0.1, -0.05) is 36.9 Å². The average Bonchev–Trinajstić information content (AvgIpc) is 2.61. The Morgan fingerprint density at radius 3 is 2.19 bits per heavy atom. The van der Waals surface area contributed by atoms with Crippen molar-refractivity contribution in [3.05, 3.63) is 54.3 Å². The highest BCUT2D eigenvalue weighted by molar-refractivity contribution is 5.79. The number of esters is 3. The molecule has 0 amide bonds. The van der Waals surface area contributed by atoms with Gasteiger partial charge in [0, 0.05) is 26.3 Å². The van der Waals surface area contributed by atoms with Crippen LogP contribution in [0, 0.1) is 0 Å². The number of carbonyl (C=O) groups excluding carboxylic acids is 3. The molecule has 0 saturated heterocycles. The lowest BCUT2D eigenvalue weighted by Crippen LogP contribution is -2.49. The molecule has 2 rings (SSSR count). The molecule has 0 aliphatic carbocycles. The Morgan fingerprint density at radius 2 is 1.63 bits per heavy atom. The van der Waals surface area contributed by atoms with Gasteiger partial charge < -0.3 is 18.9 Å². The van der Waals surface area contributed by atoms with Crippen molar-refractivity contribution in [1.82, 2.24) is 0 Å². The molecule has 0 spiro atoms. The topological polar surface area (TPSA) is 88.1 Å². The molecule has 1 aliphatic rings. The van der Waals surface area contributed by atoms with Gasteiger partial charge in [-0.3, -0.25) is 14.4 Å². The van der Waals surface area contributed by atoms with Gasteiger partial charge in [-0.25, -0.2) is 0 Å². The zero-order valence-corrected chi connectivity index (χ0v) is 15.5. The summed E-state index contributed by atoms with van der Waals surface area (Å²) in [5.74, 6) is -1.65. The molecule has 1 aromatic rings. The van der Waals surface area contributed by atoms with Crippen molar-refractivity contribution in [1.29, 1.82) is 0 Å². The number of carbonyl (C=O) groups is 3. The van der Waals surface area contributed by atoms with Gasteiger partial charge >= 0.3 is 17.9 Å². The second kappa shape index (κ2) is 9.02. The molecule has 144 valence electrons. The highest BCUT2D eigenvalue weighted by atomic mass is 16.6. The molecule has 1 heterocycles. The van der Waals surface area contributed by atoms with Gasteiger partial charge in [0.05, 0.1) is 6.26 Å². The Kier molecular flexibility index (Phi) is 6.76. The standard InChI is InChI=1S/C20H22O7/c1-12(16-8-6-5-7-9-16)17-10-25-18(11-24-13(2)21)20(27-15(4)23)19(17)26-14(3)22/h5-10,18-20H,1,11H2,2-4H3/t18-,19-,20-/m1/s1. The van der Waals surface area contributed by atoms with Crippen LogP contribution in [-0.2, 0) is 33.3 Å². The summed E-state index contributed by atoms with van der Waals surface area (Å²) >= 11 is 0. The molecule has 3 atom stereocenters. The summed E-state index contributed by atoms with van der Waals surface area (Å²) in [6.07, 6.45) is -1.37. The minimum atomic E-state index is -0.994. The zero-order valence-electron chi connectivity index (χ0n) is 15.5. The van der Waals surface area contributed by atoms with Gasteiger partial charge in [0.25, 0.3) is 0 Å². The van der Waals surface area contributed by atoms with Crippen molar-refractivity contribution < 1.29 is 33.3 Å². The van der Waals surface area contributed by atoms with E-state index in [1.165, 1.54) is 27.0 Å². The lowest BCUT2D eigenvalue weighted by molar-refractivity contribution is -0.179. The normalized spacial score (nSPS) is 21.3. The third-order valence-corrected chi connectivity index (χ3v) is 3.86. The largest absolute Gasteiger partial charge is 0.490 e. The first-order chi connectivity index (χ1) is 12.8. The average molecular weight is 374 g/mol. The minimum absolute atomic E-state index is 0.160. The molecule has 0 saturated carbocycles. The van der Waals surface area contributed by atoms with Crippen LogP contribution in [0.25, 0.3) is 5.57 Å². The molecule has 0 bridgehead atoms. The van der Waals surface area contributed by atoms with Crippen molar-refractivity contribution in [3.8, 4) is 0 Å². The molecule has 0 unspecified atom stereocenters. The molecule has 27 heavy (non-hydrogen) atoms. The molecular formula is C20H22O7. The Labute approximate surface area is 157 Å². The van der Waals surface area contributed by atoms with E-state index < -0.39 is 36.2 Å². The Balaban J connectivity index is 2.38. The summed E-state index contributed by atoms with van der Waals surface area (Å²) in [7, 11) is 0. The summed E-state index contributed by atoms with van der Waals surface area (Å²) in [4.78, 5) is 34.4. The van der Waals surface area contributed by atoms with Crippen molar-refractivity contribution in [2.75, 3.05) is 6.61 Å². The lowest BCUT2D eigenvalue weighted by atomic mass is 9.90. The SMILES string of the molecule is C=C(C1=CO[C@H](COC(C)=O)[C@@H](OC(C)=O)[C@@H]1OC(C)=O)c1ccccc1. The van der Waals surface area contributed by atoms with Crippen molar-refractivity contribution >= 4 is 23.5 Å². The second-order valence-corrected chi connectivity index (χ2v) is 6.00. The number of hydrogen-bond donors (Lipinski definition) is 0. The molecule has 0 aromatic heterocycles. The van der Waals surface area contributed by atoms with Gasteiger partial charge in [-0.2, -0.15) is 0 Å². The van der Waals surface area contributed by atoms with E-state index in [0.717, 1.165) is 5.56 Å². The number of benzene rings is 1. The van der Waals surface area contributed by atoms with Gasteiger partial charge in [0.1, 0.15) is 6.61 Å². The summed E-state index contributed by atoms with van der Waals surface area (Å²) in [6.45, 7) is 7.64. The second-order valence-electron chi connectivity index (χ2n) is 6.00. The fraction of sp³-hybridized carbons (Fsp3) is 0.350. The smallest absolute Gasteiger partial charge is 0.303 e. The van der Waals surface area contributed by atoms with Crippen LogP contribution in [0.1, 0.15) is 26.3 Å². The first-order valence-corrected chi connectivity index (χ1v) is 8.37.